The number of hydrazine groups is 1. The van der Waals surface area contributed by atoms with Gasteiger partial charge in [0.15, 0.2) is 0 Å². The van der Waals surface area contributed by atoms with Gasteiger partial charge in [0.1, 0.15) is 6.04 Å². The highest BCUT2D eigenvalue weighted by Gasteiger charge is 2.26. The molecule has 0 spiro atoms. The van der Waals surface area contributed by atoms with Crippen LogP contribution in [0.2, 0.25) is 0 Å². The van der Waals surface area contributed by atoms with Crippen LogP contribution < -0.4 is 10.7 Å². The van der Waals surface area contributed by atoms with Gasteiger partial charge in [-0.2, -0.15) is 0 Å². The molecule has 1 aliphatic rings. The van der Waals surface area contributed by atoms with Gasteiger partial charge in [0.05, 0.1) is 0 Å². The van der Waals surface area contributed by atoms with E-state index in [2.05, 4.69) is 31.5 Å². The molecule has 1 atom stereocenters. The minimum Gasteiger partial charge on any atom is -0.340 e. The lowest BCUT2D eigenvalue weighted by Gasteiger charge is -2.30. The molecule has 1 fully saturated rings. The van der Waals surface area contributed by atoms with Gasteiger partial charge in [0.25, 0.3) is 11.8 Å². The third kappa shape index (κ3) is 5.56. The molecule has 1 saturated heterocycles. The summed E-state index contributed by atoms with van der Waals surface area (Å²) in [5, 5.41) is 4.87. The molecule has 2 N–H and O–H groups in total. The Balaban J connectivity index is 2.01. The second-order valence-electron chi connectivity index (χ2n) is 8.55. The molecule has 1 heterocycles. The van der Waals surface area contributed by atoms with E-state index in [4.69, 9.17) is 0 Å². The fourth-order valence-corrected chi connectivity index (χ4v) is 3.11. The molecular weight excluding hydrogens is 326 g/mol. The van der Waals surface area contributed by atoms with Crippen molar-refractivity contribution in [3.63, 3.8) is 0 Å². The van der Waals surface area contributed by atoms with Crippen molar-refractivity contribution in [2.24, 2.45) is 5.92 Å². The lowest BCUT2D eigenvalue weighted by molar-refractivity contribution is -0.129. The Labute approximate surface area is 157 Å². The van der Waals surface area contributed by atoms with E-state index in [1.54, 1.807) is 0 Å². The molecular formula is C21H33N3O2. The molecule has 5 heteroatoms. The van der Waals surface area contributed by atoms with Crippen molar-refractivity contribution in [2.75, 3.05) is 13.1 Å². The highest BCUT2D eigenvalue weighted by atomic mass is 16.2. The number of rotatable bonds is 5. The van der Waals surface area contributed by atoms with Crippen LogP contribution in [0.3, 0.4) is 0 Å². The van der Waals surface area contributed by atoms with Crippen LogP contribution >= 0.6 is 0 Å². The first-order valence-corrected chi connectivity index (χ1v) is 9.65. The number of carbonyl (C=O) groups excluding carboxylic acids is 2. The average Bonchev–Trinajstić information content (AvgIpc) is 2.59. The van der Waals surface area contributed by atoms with Gasteiger partial charge in [-0.3, -0.25) is 15.0 Å². The number of benzene rings is 1. The summed E-state index contributed by atoms with van der Waals surface area (Å²) in [6.07, 6.45) is 3.40. The molecule has 0 bridgehead atoms. The Morgan fingerprint density at radius 2 is 1.58 bits per heavy atom. The van der Waals surface area contributed by atoms with Gasteiger partial charge in [-0.1, -0.05) is 53.2 Å². The Morgan fingerprint density at radius 1 is 1.00 bits per heavy atom. The van der Waals surface area contributed by atoms with Crippen LogP contribution in [0, 0.1) is 5.92 Å². The zero-order valence-electron chi connectivity index (χ0n) is 16.8. The Morgan fingerprint density at radius 3 is 2.08 bits per heavy atom. The number of carbonyl (C=O) groups is 2. The first-order valence-electron chi connectivity index (χ1n) is 9.65. The summed E-state index contributed by atoms with van der Waals surface area (Å²) < 4.78 is 0. The summed E-state index contributed by atoms with van der Waals surface area (Å²) in [5.74, 6) is -0.336. The summed E-state index contributed by atoms with van der Waals surface area (Å²) in [5.41, 5.74) is 4.77. The fourth-order valence-electron chi connectivity index (χ4n) is 3.11. The van der Waals surface area contributed by atoms with E-state index in [-0.39, 0.29) is 23.1 Å². The maximum absolute atomic E-state index is 12.6. The van der Waals surface area contributed by atoms with Crippen molar-refractivity contribution < 1.29 is 9.59 Å². The molecule has 144 valence electrons. The van der Waals surface area contributed by atoms with E-state index in [1.807, 2.05) is 43.1 Å². The molecule has 0 aromatic heterocycles. The molecule has 2 amide bonds. The summed E-state index contributed by atoms with van der Waals surface area (Å²) in [4.78, 5) is 25.3. The minimum absolute atomic E-state index is 0.0117. The van der Waals surface area contributed by atoms with Gasteiger partial charge >= 0.3 is 0 Å². The standard InChI is InChI=1S/C21H33N3O2/c1-15(2)18(20(26)23-24-13-7-6-8-14-24)22-19(25)16-9-11-17(12-10-16)21(3,4)5/h9-12,15,18H,6-8,13-14H2,1-5H3,(H,22,25)(H,23,26)/t18-/m0/s1. The number of nitrogens with zero attached hydrogens (tertiary/aromatic N) is 1. The van der Waals surface area contributed by atoms with E-state index in [9.17, 15) is 9.59 Å². The highest BCUT2D eigenvalue weighted by molar-refractivity contribution is 5.97. The van der Waals surface area contributed by atoms with E-state index in [1.165, 1.54) is 12.0 Å². The predicted octanol–water partition coefficient (Wildman–Crippen LogP) is 3.26. The van der Waals surface area contributed by atoms with Crippen LogP contribution in [0.1, 0.15) is 69.8 Å². The lowest BCUT2D eigenvalue weighted by Crippen LogP contribution is -2.55. The summed E-state index contributed by atoms with van der Waals surface area (Å²) in [6, 6.07) is 7.07. The van der Waals surface area contributed by atoms with Gasteiger partial charge in [0.2, 0.25) is 0 Å². The van der Waals surface area contributed by atoms with Crippen LogP contribution in [-0.2, 0) is 10.2 Å². The van der Waals surface area contributed by atoms with Crippen molar-refractivity contribution in [2.45, 2.75) is 65.3 Å². The third-order valence-corrected chi connectivity index (χ3v) is 4.87. The average molecular weight is 360 g/mol. The third-order valence-electron chi connectivity index (χ3n) is 4.87. The summed E-state index contributed by atoms with van der Waals surface area (Å²) in [6.45, 7) is 12.1. The van der Waals surface area contributed by atoms with Crippen molar-refractivity contribution in [1.29, 1.82) is 0 Å². The summed E-state index contributed by atoms with van der Waals surface area (Å²) in [7, 11) is 0. The normalized spacial score (nSPS) is 17.0. The van der Waals surface area contributed by atoms with E-state index < -0.39 is 6.04 Å². The van der Waals surface area contributed by atoms with Crippen molar-refractivity contribution in [3.05, 3.63) is 35.4 Å². The van der Waals surface area contributed by atoms with Crippen molar-refractivity contribution in [1.82, 2.24) is 15.8 Å². The molecule has 2 rings (SSSR count). The zero-order chi connectivity index (χ0) is 19.3. The predicted molar refractivity (Wildman–Crippen MR) is 105 cm³/mol. The fraction of sp³-hybridized carbons (Fsp3) is 0.619. The van der Waals surface area contributed by atoms with Crippen molar-refractivity contribution in [3.8, 4) is 0 Å². The van der Waals surface area contributed by atoms with Gasteiger partial charge < -0.3 is 5.32 Å². The van der Waals surface area contributed by atoms with E-state index in [0.717, 1.165) is 25.9 Å². The monoisotopic (exact) mass is 359 g/mol. The zero-order valence-corrected chi connectivity index (χ0v) is 16.8. The maximum atomic E-state index is 12.6. The Kier molecular flexibility index (Phi) is 6.81. The number of nitrogens with one attached hydrogen (secondary N) is 2. The largest absolute Gasteiger partial charge is 0.340 e. The second kappa shape index (κ2) is 8.67. The molecule has 0 radical (unpaired) electrons. The SMILES string of the molecule is CC(C)[C@H](NC(=O)c1ccc(C(C)(C)C)cc1)C(=O)NN1CCCCC1. The molecule has 0 saturated carbocycles. The number of amides is 2. The van der Waals surface area contributed by atoms with Gasteiger partial charge in [-0.05, 0) is 41.9 Å². The molecule has 0 unspecified atom stereocenters. The second-order valence-corrected chi connectivity index (χ2v) is 8.55. The molecule has 26 heavy (non-hydrogen) atoms. The lowest BCUT2D eigenvalue weighted by atomic mass is 9.86. The van der Waals surface area contributed by atoms with Gasteiger partial charge in [0, 0.05) is 18.7 Å². The first-order chi connectivity index (χ1) is 12.2. The van der Waals surface area contributed by atoms with Crippen molar-refractivity contribution >= 4 is 11.8 Å². The molecule has 1 aromatic rings. The Hall–Kier alpha value is -1.88. The minimum atomic E-state index is -0.549. The molecule has 0 aliphatic carbocycles. The first kappa shape index (κ1) is 20.4. The smallest absolute Gasteiger partial charge is 0.257 e. The maximum Gasteiger partial charge on any atom is 0.257 e. The molecule has 1 aromatic carbocycles. The van der Waals surface area contributed by atoms with Crippen LogP contribution in [0.25, 0.3) is 0 Å². The molecule has 5 nitrogen and oxygen atoms in total. The topological polar surface area (TPSA) is 61.4 Å². The van der Waals surface area contributed by atoms with Crippen LogP contribution in [-0.4, -0.2) is 36.0 Å². The van der Waals surface area contributed by atoms with E-state index >= 15 is 0 Å². The number of piperidine rings is 1. The quantitative estimate of drug-likeness (QED) is 0.848. The van der Waals surface area contributed by atoms with Crippen LogP contribution in [0.5, 0.6) is 0 Å². The molecule has 1 aliphatic heterocycles. The highest BCUT2D eigenvalue weighted by Crippen LogP contribution is 2.22. The van der Waals surface area contributed by atoms with E-state index in [0.29, 0.717) is 5.56 Å². The number of hydrogen-bond acceptors (Lipinski definition) is 3. The van der Waals surface area contributed by atoms with Crippen LogP contribution in [0.4, 0.5) is 0 Å². The Bertz CT molecular complexity index is 611. The van der Waals surface area contributed by atoms with Crippen LogP contribution in [0.15, 0.2) is 24.3 Å². The van der Waals surface area contributed by atoms with Gasteiger partial charge in [-0.15, -0.1) is 0 Å². The summed E-state index contributed by atoms with van der Waals surface area (Å²) >= 11 is 0. The van der Waals surface area contributed by atoms with Gasteiger partial charge in [-0.25, -0.2) is 5.01 Å². The number of hydrogen-bond donors (Lipinski definition) is 2.